The third-order valence-corrected chi connectivity index (χ3v) is 4.84. The van der Waals surface area contributed by atoms with E-state index in [2.05, 4.69) is 15.3 Å². The molecule has 2 aromatic rings. The molecule has 0 fully saturated rings. The number of anilines is 1. The largest absolute Gasteiger partial charge is 0.356 e. The fourth-order valence-corrected chi connectivity index (χ4v) is 3.58. The predicted octanol–water partition coefficient (Wildman–Crippen LogP) is 3.08. The van der Waals surface area contributed by atoms with E-state index in [-0.39, 0.29) is 28.6 Å². The maximum absolute atomic E-state index is 12.2. The highest BCUT2D eigenvalue weighted by Crippen LogP contribution is 2.38. The normalized spacial score (nSPS) is 16.0. The molecule has 0 bridgehead atoms. The first-order chi connectivity index (χ1) is 10.7. The van der Waals surface area contributed by atoms with Crippen LogP contribution in [0.1, 0.15) is 63.4 Å². The summed E-state index contributed by atoms with van der Waals surface area (Å²) in [6.07, 6.45) is 2.71. The van der Waals surface area contributed by atoms with E-state index in [4.69, 9.17) is 0 Å². The van der Waals surface area contributed by atoms with Crippen molar-refractivity contribution in [3.8, 4) is 0 Å². The van der Waals surface area contributed by atoms with Gasteiger partial charge in [0.2, 0.25) is 0 Å². The van der Waals surface area contributed by atoms with Crippen LogP contribution in [-0.2, 0) is 6.42 Å². The van der Waals surface area contributed by atoms with Crippen molar-refractivity contribution in [1.29, 1.82) is 0 Å². The zero-order valence-corrected chi connectivity index (χ0v) is 14.0. The number of carbonyl (C=O) groups is 3. The van der Waals surface area contributed by atoms with E-state index in [1.165, 1.54) is 30.5 Å². The standard InChI is InChI=1S/C16H17N3O3S/c1-8(20)9-4-10(17-7-9)14(22)19-15-18-11-5-16(2,3)6-12(21)13(11)23-15/h4,7,17H,5-6H2,1-3H3,(H,18,19,22). The van der Waals surface area contributed by atoms with Crippen LogP contribution in [0.4, 0.5) is 5.13 Å². The van der Waals surface area contributed by atoms with Gasteiger partial charge in [0.1, 0.15) is 5.69 Å². The van der Waals surface area contributed by atoms with E-state index in [1.807, 2.05) is 13.8 Å². The number of aromatic nitrogens is 2. The minimum atomic E-state index is -0.379. The first kappa shape index (κ1) is 15.6. The molecule has 0 saturated heterocycles. The van der Waals surface area contributed by atoms with Gasteiger partial charge in [0.05, 0.1) is 10.6 Å². The van der Waals surface area contributed by atoms with Crippen LogP contribution in [0, 0.1) is 5.41 Å². The molecule has 0 radical (unpaired) electrons. The number of aromatic amines is 1. The van der Waals surface area contributed by atoms with Gasteiger partial charge in [-0.3, -0.25) is 19.7 Å². The SMILES string of the molecule is CC(=O)c1c[nH]c(C(=O)Nc2nc3c(s2)C(=O)CC(C)(C)C3)c1. The number of Topliss-reactive ketones (excluding diaryl/α,β-unsaturated/α-hetero) is 2. The fourth-order valence-electron chi connectivity index (χ4n) is 2.67. The number of rotatable bonds is 3. The number of nitrogens with one attached hydrogen (secondary N) is 2. The van der Waals surface area contributed by atoms with E-state index in [1.54, 1.807) is 0 Å². The van der Waals surface area contributed by atoms with Crippen molar-refractivity contribution in [2.45, 2.75) is 33.6 Å². The Morgan fingerprint density at radius 3 is 2.74 bits per heavy atom. The van der Waals surface area contributed by atoms with E-state index in [0.717, 1.165) is 12.1 Å². The molecule has 3 rings (SSSR count). The van der Waals surface area contributed by atoms with Crippen LogP contribution in [0.15, 0.2) is 12.3 Å². The van der Waals surface area contributed by atoms with Crippen molar-refractivity contribution in [1.82, 2.24) is 9.97 Å². The number of nitrogens with zero attached hydrogens (tertiary/aromatic N) is 1. The van der Waals surface area contributed by atoms with Crippen molar-refractivity contribution >= 4 is 33.9 Å². The highest BCUT2D eigenvalue weighted by molar-refractivity contribution is 7.17. The number of fused-ring (bicyclic) bond motifs is 1. The molecule has 120 valence electrons. The van der Waals surface area contributed by atoms with E-state index in [0.29, 0.717) is 22.0 Å². The molecule has 0 unspecified atom stereocenters. The molecule has 1 amide bonds. The van der Waals surface area contributed by atoms with Crippen LogP contribution in [0.5, 0.6) is 0 Å². The van der Waals surface area contributed by atoms with Gasteiger partial charge in [0.25, 0.3) is 5.91 Å². The second-order valence-corrected chi connectivity index (χ2v) is 7.55. The van der Waals surface area contributed by atoms with Crippen LogP contribution >= 0.6 is 11.3 Å². The topological polar surface area (TPSA) is 91.9 Å². The van der Waals surface area contributed by atoms with Gasteiger partial charge >= 0.3 is 0 Å². The van der Waals surface area contributed by atoms with Crippen LogP contribution in [0.3, 0.4) is 0 Å². The van der Waals surface area contributed by atoms with Gasteiger partial charge in [-0.25, -0.2) is 4.98 Å². The van der Waals surface area contributed by atoms with Crippen molar-refractivity contribution in [2.75, 3.05) is 5.32 Å². The highest BCUT2D eigenvalue weighted by Gasteiger charge is 2.34. The maximum Gasteiger partial charge on any atom is 0.273 e. The number of hydrogen-bond donors (Lipinski definition) is 2. The third-order valence-electron chi connectivity index (χ3n) is 3.79. The molecular weight excluding hydrogens is 314 g/mol. The Morgan fingerprint density at radius 1 is 1.35 bits per heavy atom. The van der Waals surface area contributed by atoms with Crippen LogP contribution in [0.2, 0.25) is 0 Å². The van der Waals surface area contributed by atoms with Crippen LogP contribution in [0.25, 0.3) is 0 Å². The number of H-pyrrole nitrogens is 1. The van der Waals surface area contributed by atoms with Gasteiger partial charge in [-0.05, 0) is 24.8 Å². The van der Waals surface area contributed by atoms with E-state index >= 15 is 0 Å². The van der Waals surface area contributed by atoms with E-state index < -0.39 is 0 Å². The molecule has 0 aliphatic heterocycles. The Morgan fingerprint density at radius 2 is 2.09 bits per heavy atom. The van der Waals surface area contributed by atoms with Gasteiger partial charge in [-0.15, -0.1) is 0 Å². The summed E-state index contributed by atoms with van der Waals surface area (Å²) in [6.45, 7) is 5.51. The molecule has 2 aromatic heterocycles. The first-order valence-corrected chi connectivity index (χ1v) is 8.10. The molecular formula is C16H17N3O3S. The fraction of sp³-hybridized carbons (Fsp3) is 0.375. The Labute approximate surface area is 137 Å². The molecule has 1 aliphatic rings. The van der Waals surface area contributed by atoms with Crippen molar-refractivity contribution in [3.05, 3.63) is 34.1 Å². The lowest BCUT2D eigenvalue weighted by atomic mass is 9.78. The molecule has 23 heavy (non-hydrogen) atoms. The summed E-state index contributed by atoms with van der Waals surface area (Å²) < 4.78 is 0. The lowest BCUT2D eigenvalue weighted by molar-refractivity contribution is 0.0914. The summed E-state index contributed by atoms with van der Waals surface area (Å²) in [5.74, 6) is -0.416. The number of thiazole rings is 1. The summed E-state index contributed by atoms with van der Waals surface area (Å²) in [7, 11) is 0. The van der Waals surface area contributed by atoms with Crippen molar-refractivity contribution < 1.29 is 14.4 Å². The lowest BCUT2D eigenvalue weighted by Crippen LogP contribution is -2.26. The van der Waals surface area contributed by atoms with Crippen molar-refractivity contribution in [2.24, 2.45) is 5.41 Å². The summed E-state index contributed by atoms with van der Waals surface area (Å²) in [5.41, 5.74) is 1.39. The Balaban J connectivity index is 1.80. The van der Waals surface area contributed by atoms with Gasteiger partial charge in [-0.1, -0.05) is 25.2 Å². The third kappa shape index (κ3) is 3.10. The summed E-state index contributed by atoms with van der Waals surface area (Å²) >= 11 is 1.21. The number of ketones is 2. The summed E-state index contributed by atoms with van der Waals surface area (Å²) in [4.78, 5) is 43.4. The Hall–Kier alpha value is -2.28. The van der Waals surface area contributed by atoms with Gasteiger partial charge in [0, 0.05) is 18.2 Å². The van der Waals surface area contributed by atoms with Gasteiger partial charge in [-0.2, -0.15) is 0 Å². The minimum Gasteiger partial charge on any atom is -0.356 e. The molecule has 6 nitrogen and oxygen atoms in total. The number of hydrogen-bond acceptors (Lipinski definition) is 5. The molecule has 2 heterocycles. The molecule has 2 N–H and O–H groups in total. The average Bonchev–Trinajstić information content (AvgIpc) is 3.03. The molecule has 1 aliphatic carbocycles. The quantitative estimate of drug-likeness (QED) is 0.845. The molecule has 7 heteroatoms. The highest BCUT2D eigenvalue weighted by atomic mass is 32.1. The van der Waals surface area contributed by atoms with Crippen LogP contribution in [-0.4, -0.2) is 27.4 Å². The monoisotopic (exact) mass is 331 g/mol. The maximum atomic E-state index is 12.2. The van der Waals surface area contributed by atoms with Crippen molar-refractivity contribution in [3.63, 3.8) is 0 Å². The first-order valence-electron chi connectivity index (χ1n) is 7.29. The summed E-state index contributed by atoms with van der Waals surface area (Å²) in [5, 5.41) is 3.10. The van der Waals surface area contributed by atoms with E-state index in [9.17, 15) is 14.4 Å². The second kappa shape index (κ2) is 5.42. The van der Waals surface area contributed by atoms with Gasteiger partial charge < -0.3 is 4.98 Å². The van der Waals surface area contributed by atoms with Crippen LogP contribution < -0.4 is 5.32 Å². The lowest BCUT2D eigenvalue weighted by Gasteiger charge is -2.26. The summed E-state index contributed by atoms with van der Waals surface area (Å²) in [6, 6.07) is 1.50. The molecule has 0 atom stereocenters. The zero-order chi connectivity index (χ0) is 16.8. The molecule has 0 spiro atoms. The molecule has 0 aromatic carbocycles. The predicted molar refractivity (Wildman–Crippen MR) is 87.3 cm³/mol. The number of amides is 1. The Bertz CT molecular complexity index is 816. The van der Waals surface area contributed by atoms with Gasteiger partial charge in [0.15, 0.2) is 16.7 Å². The average molecular weight is 331 g/mol. The second-order valence-electron chi connectivity index (χ2n) is 6.55. The smallest absolute Gasteiger partial charge is 0.273 e. The zero-order valence-electron chi connectivity index (χ0n) is 13.1. The Kier molecular flexibility index (Phi) is 3.68. The number of carbonyl (C=O) groups excluding carboxylic acids is 3. The molecule has 0 saturated carbocycles. The minimum absolute atomic E-state index is 0.0768.